The topological polar surface area (TPSA) is 143 Å². The van der Waals surface area contributed by atoms with Crippen LogP contribution in [0.4, 0.5) is 5.69 Å². The summed E-state index contributed by atoms with van der Waals surface area (Å²) in [5, 5.41) is 25.3. The number of aromatic nitrogens is 3. The summed E-state index contributed by atoms with van der Waals surface area (Å²) in [5.74, 6) is -3.06. The number of hydrogen-bond donors (Lipinski definition) is 2. The number of aromatic carboxylic acids is 2. The first-order valence-corrected chi connectivity index (χ1v) is 9.79. The van der Waals surface area contributed by atoms with Gasteiger partial charge in [0.15, 0.2) is 5.69 Å². The van der Waals surface area contributed by atoms with Gasteiger partial charge in [0.2, 0.25) is 5.69 Å². The van der Waals surface area contributed by atoms with E-state index < -0.39 is 33.3 Å². The quantitative estimate of drug-likeness (QED) is 0.563. The number of hydrogen-bond acceptors (Lipinski definition) is 6. The first kappa shape index (κ1) is 20.0. The van der Waals surface area contributed by atoms with Crippen LogP contribution in [0.3, 0.4) is 0 Å². The van der Waals surface area contributed by atoms with Crippen LogP contribution in [0, 0.1) is 0 Å². The molecule has 2 N–H and O–H groups in total. The minimum absolute atomic E-state index is 0.0622. The second kappa shape index (κ2) is 8.10. The van der Waals surface area contributed by atoms with Crippen molar-refractivity contribution in [2.24, 2.45) is 0 Å². The minimum Gasteiger partial charge on any atom is -0.476 e. The van der Waals surface area contributed by atoms with Crippen molar-refractivity contribution in [2.75, 3.05) is 10.8 Å². The second-order valence-electron chi connectivity index (χ2n) is 5.85. The molecule has 10 nitrogen and oxygen atoms in total. The van der Waals surface area contributed by atoms with Crippen molar-refractivity contribution in [1.29, 1.82) is 0 Å². The third kappa shape index (κ3) is 4.09. The number of carbonyl (C=O) groups is 2. The third-order valence-electron chi connectivity index (χ3n) is 4.03. The van der Waals surface area contributed by atoms with E-state index in [1.54, 1.807) is 48.5 Å². The molecule has 3 aromatic rings. The van der Waals surface area contributed by atoms with Crippen LogP contribution in [0.25, 0.3) is 0 Å². The van der Waals surface area contributed by atoms with Crippen molar-refractivity contribution in [3.63, 3.8) is 0 Å². The van der Waals surface area contributed by atoms with Gasteiger partial charge in [-0.2, -0.15) is 0 Å². The molecule has 0 aliphatic heterocycles. The Kier molecular flexibility index (Phi) is 5.59. The molecule has 0 fully saturated rings. The maximum Gasteiger partial charge on any atom is 0.359 e. The van der Waals surface area contributed by atoms with Gasteiger partial charge in [-0.3, -0.25) is 4.31 Å². The number of benzene rings is 2. The van der Waals surface area contributed by atoms with Crippen LogP contribution >= 0.6 is 0 Å². The fraction of sp³-hybridized carbons (Fsp3) is 0.111. The molecular weight excluding hydrogens is 400 g/mol. The van der Waals surface area contributed by atoms with E-state index >= 15 is 0 Å². The van der Waals surface area contributed by atoms with Crippen LogP contribution in [0.15, 0.2) is 65.6 Å². The molecule has 0 spiro atoms. The molecule has 0 saturated carbocycles. The Morgan fingerprint density at radius 1 is 0.931 bits per heavy atom. The first-order valence-electron chi connectivity index (χ1n) is 8.35. The first-order chi connectivity index (χ1) is 13.8. The van der Waals surface area contributed by atoms with Crippen molar-refractivity contribution < 1.29 is 28.2 Å². The zero-order chi connectivity index (χ0) is 21.0. The third-order valence-corrected chi connectivity index (χ3v) is 5.87. The summed E-state index contributed by atoms with van der Waals surface area (Å²) in [7, 11) is -3.96. The van der Waals surface area contributed by atoms with Crippen molar-refractivity contribution in [1.82, 2.24) is 15.0 Å². The summed E-state index contributed by atoms with van der Waals surface area (Å²) in [6.07, 6.45) is 0. The van der Waals surface area contributed by atoms with Crippen molar-refractivity contribution in [2.45, 2.75) is 11.4 Å². The van der Waals surface area contributed by atoms with Gasteiger partial charge in [-0.15, -0.1) is 5.10 Å². The molecule has 0 unspecified atom stereocenters. The molecule has 29 heavy (non-hydrogen) atoms. The van der Waals surface area contributed by atoms with E-state index in [4.69, 9.17) is 5.11 Å². The average molecular weight is 416 g/mol. The molecule has 0 bridgehead atoms. The highest BCUT2D eigenvalue weighted by atomic mass is 32.2. The Bertz CT molecular complexity index is 1130. The van der Waals surface area contributed by atoms with Crippen molar-refractivity contribution >= 4 is 27.6 Å². The monoisotopic (exact) mass is 416 g/mol. The second-order valence-corrected chi connectivity index (χ2v) is 7.71. The van der Waals surface area contributed by atoms with Crippen molar-refractivity contribution in [3.8, 4) is 0 Å². The lowest BCUT2D eigenvalue weighted by molar-refractivity contribution is 0.0640. The largest absolute Gasteiger partial charge is 0.476 e. The molecule has 0 amide bonds. The standard InChI is InChI=1S/C18H16N4O6S/c23-17(24)15-16(18(25)26)21(20-19-15)11-12-22(13-7-3-1-4-8-13)29(27,28)14-9-5-2-6-10-14/h1-10H,11-12H2,(H,23,24)(H,25,26). The van der Waals surface area contributed by atoms with Gasteiger partial charge in [0, 0.05) is 0 Å². The summed E-state index contributed by atoms with van der Waals surface area (Å²) in [4.78, 5) is 22.7. The number of sulfonamides is 1. The summed E-state index contributed by atoms with van der Waals surface area (Å²) in [6, 6.07) is 16.0. The maximum absolute atomic E-state index is 13.2. The van der Waals surface area contributed by atoms with Crippen molar-refractivity contribution in [3.05, 3.63) is 72.1 Å². The predicted octanol–water partition coefficient (Wildman–Crippen LogP) is 1.57. The van der Waals surface area contributed by atoms with Crippen LogP contribution in [0.2, 0.25) is 0 Å². The Labute approximate surface area is 165 Å². The Hall–Kier alpha value is -3.73. The number of para-hydroxylation sites is 1. The minimum atomic E-state index is -3.96. The molecule has 3 rings (SSSR count). The van der Waals surface area contributed by atoms with E-state index in [1.807, 2.05) is 0 Å². The van der Waals surface area contributed by atoms with Gasteiger partial charge in [0.1, 0.15) is 0 Å². The van der Waals surface area contributed by atoms with Gasteiger partial charge < -0.3 is 10.2 Å². The van der Waals surface area contributed by atoms with Gasteiger partial charge >= 0.3 is 11.9 Å². The van der Waals surface area contributed by atoms with E-state index in [1.165, 1.54) is 12.1 Å². The van der Waals surface area contributed by atoms with Gasteiger partial charge in [-0.05, 0) is 24.3 Å². The number of rotatable bonds is 8. The lowest BCUT2D eigenvalue weighted by atomic mass is 10.3. The predicted molar refractivity (Wildman–Crippen MR) is 101 cm³/mol. The van der Waals surface area contributed by atoms with Crippen LogP contribution in [0.5, 0.6) is 0 Å². The Morgan fingerprint density at radius 2 is 1.52 bits per heavy atom. The maximum atomic E-state index is 13.2. The summed E-state index contributed by atoms with van der Waals surface area (Å²) >= 11 is 0. The average Bonchev–Trinajstić information content (AvgIpc) is 3.14. The van der Waals surface area contributed by atoms with E-state index in [0.29, 0.717) is 5.69 Å². The molecule has 150 valence electrons. The van der Waals surface area contributed by atoms with Gasteiger partial charge in [0.25, 0.3) is 10.0 Å². The fourth-order valence-corrected chi connectivity index (χ4v) is 4.19. The van der Waals surface area contributed by atoms with Crippen LogP contribution in [-0.4, -0.2) is 52.1 Å². The summed E-state index contributed by atoms with van der Waals surface area (Å²) < 4.78 is 28.3. The lowest BCUT2D eigenvalue weighted by Gasteiger charge is -2.24. The molecule has 2 aromatic carbocycles. The molecule has 0 saturated heterocycles. The number of anilines is 1. The highest BCUT2D eigenvalue weighted by molar-refractivity contribution is 7.92. The summed E-state index contributed by atoms with van der Waals surface area (Å²) in [6.45, 7) is -0.410. The lowest BCUT2D eigenvalue weighted by Crippen LogP contribution is -2.34. The van der Waals surface area contributed by atoms with Crippen LogP contribution in [-0.2, 0) is 16.6 Å². The fourth-order valence-electron chi connectivity index (χ4n) is 2.71. The summed E-state index contributed by atoms with van der Waals surface area (Å²) in [5.41, 5.74) is -0.968. The van der Waals surface area contributed by atoms with Gasteiger partial charge in [-0.25, -0.2) is 22.7 Å². The SMILES string of the molecule is O=C(O)c1nnn(CCN(c2ccccc2)S(=O)(=O)c2ccccc2)c1C(=O)O. The molecule has 0 aliphatic carbocycles. The zero-order valence-electron chi connectivity index (χ0n) is 14.9. The van der Waals surface area contributed by atoms with Gasteiger partial charge in [-0.1, -0.05) is 41.6 Å². The molecule has 0 radical (unpaired) electrons. The molecule has 1 heterocycles. The van der Waals surface area contributed by atoms with E-state index in [0.717, 1.165) is 8.99 Å². The smallest absolute Gasteiger partial charge is 0.359 e. The number of carboxylic acid groups (broad SMARTS) is 2. The Balaban J connectivity index is 1.98. The van der Waals surface area contributed by atoms with Gasteiger partial charge in [0.05, 0.1) is 23.7 Å². The normalized spacial score (nSPS) is 11.2. The van der Waals surface area contributed by atoms with E-state index in [9.17, 15) is 23.1 Å². The van der Waals surface area contributed by atoms with Crippen LogP contribution < -0.4 is 4.31 Å². The zero-order valence-corrected chi connectivity index (χ0v) is 15.7. The molecule has 0 atom stereocenters. The highest BCUT2D eigenvalue weighted by Crippen LogP contribution is 2.23. The molecular formula is C18H16N4O6S. The highest BCUT2D eigenvalue weighted by Gasteiger charge is 2.28. The number of nitrogens with zero attached hydrogens (tertiary/aromatic N) is 4. The Morgan fingerprint density at radius 3 is 2.07 bits per heavy atom. The number of carboxylic acids is 2. The molecule has 0 aliphatic rings. The molecule has 11 heteroatoms. The van der Waals surface area contributed by atoms with E-state index in [-0.39, 0.29) is 18.0 Å². The van der Waals surface area contributed by atoms with Crippen LogP contribution in [0.1, 0.15) is 21.0 Å². The molecule has 1 aromatic heterocycles. The van der Waals surface area contributed by atoms with E-state index in [2.05, 4.69) is 10.3 Å².